The molecule has 1 aromatic heterocycles. The van der Waals surface area contributed by atoms with Crippen LogP contribution in [-0.4, -0.2) is 35.0 Å². The molecule has 0 atom stereocenters. The van der Waals surface area contributed by atoms with Crippen molar-refractivity contribution >= 4 is 50.7 Å². The fraction of sp³-hybridized carbons (Fsp3) is 0.263. The third kappa shape index (κ3) is 4.03. The van der Waals surface area contributed by atoms with E-state index < -0.39 is 0 Å². The summed E-state index contributed by atoms with van der Waals surface area (Å²) in [5.74, 6) is -0.393. The lowest BCUT2D eigenvalue weighted by Gasteiger charge is -2.31. The van der Waals surface area contributed by atoms with Gasteiger partial charge in [0.05, 0.1) is 20.8 Å². The highest BCUT2D eigenvalue weighted by Crippen LogP contribution is 2.31. The zero-order valence-electron chi connectivity index (χ0n) is 14.1. The number of carbonyl (C=O) groups excluding carboxylic acids is 1. The van der Waals surface area contributed by atoms with Crippen LogP contribution in [0.3, 0.4) is 0 Å². The number of rotatable bonds is 3. The number of fused-ring (bicyclic) bond motifs is 1. The van der Waals surface area contributed by atoms with Crippen molar-refractivity contribution in [2.45, 2.75) is 18.9 Å². The molecule has 1 fully saturated rings. The van der Waals surface area contributed by atoms with Crippen molar-refractivity contribution in [1.29, 1.82) is 0 Å². The maximum Gasteiger partial charge on any atom is 0.274 e. The van der Waals surface area contributed by atoms with E-state index in [9.17, 15) is 9.18 Å². The van der Waals surface area contributed by atoms with E-state index in [1.54, 1.807) is 29.2 Å². The zero-order chi connectivity index (χ0) is 19.0. The summed E-state index contributed by atoms with van der Waals surface area (Å²) in [6.45, 7) is 1.14. The van der Waals surface area contributed by atoms with Crippen molar-refractivity contribution in [3.05, 3.63) is 57.8 Å². The summed E-state index contributed by atoms with van der Waals surface area (Å²) < 4.78 is 20.0. The summed E-state index contributed by atoms with van der Waals surface area (Å²) >= 11 is 13.4. The molecule has 3 aromatic rings. The van der Waals surface area contributed by atoms with Crippen molar-refractivity contribution in [3.63, 3.8) is 0 Å². The number of aromatic nitrogens is 1. The average Bonchev–Trinajstić information content (AvgIpc) is 3.03. The molecule has 27 heavy (non-hydrogen) atoms. The van der Waals surface area contributed by atoms with Gasteiger partial charge in [-0.1, -0.05) is 34.5 Å². The summed E-state index contributed by atoms with van der Waals surface area (Å²) in [6.07, 6.45) is 1.36. The van der Waals surface area contributed by atoms with Crippen LogP contribution in [0.1, 0.15) is 23.2 Å². The van der Waals surface area contributed by atoms with Crippen molar-refractivity contribution in [3.8, 4) is 5.19 Å². The molecule has 8 heteroatoms. The first-order valence-electron chi connectivity index (χ1n) is 8.46. The molecule has 0 bridgehead atoms. The van der Waals surface area contributed by atoms with Crippen LogP contribution in [0.4, 0.5) is 4.39 Å². The van der Waals surface area contributed by atoms with E-state index in [1.165, 1.54) is 23.5 Å². The topological polar surface area (TPSA) is 42.4 Å². The van der Waals surface area contributed by atoms with E-state index in [1.807, 2.05) is 0 Å². The molecule has 1 amide bonds. The number of likely N-dealkylation sites (tertiary alicyclic amines) is 1. The standard InChI is InChI=1S/C19H15Cl2FN2O2S/c20-11-1-3-14(15(21)9-11)18(25)24-7-5-13(6-8-24)26-19-23-16-4-2-12(22)10-17(16)27-19/h1-4,9-10,13H,5-8H2. The normalized spacial score (nSPS) is 15.3. The minimum atomic E-state index is -0.287. The summed E-state index contributed by atoms with van der Waals surface area (Å²) in [6, 6.07) is 9.37. The van der Waals surface area contributed by atoms with Gasteiger partial charge in [-0.05, 0) is 36.4 Å². The van der Waals surface area contributed by atoms with Crippen LogP contribution in [0.15, 0.2) is 36.4 Å². The van der Waals surface area contributed by atoms with E-state index in [4.69, 9.17) is 27.9 Å². The summed E-state index contributed by atoms with van der Waals surface area (Å²) in [5.41, 5.74) is 1.18. The maximum absolute atomic E-state index is 13.3. The van der Waals surface area contributed by atoms with Gasteiger partial charge in [-0.3, -0.25) is 4.79 Å². The molecule has 1 aliphatic heterocycles. The molecule has 4 nitrogen and oxygen atoms in total. The number of hydrogen-bond acceptors (Lipinski definition) is 4. The highest BCUT2D eigenvalue weighted by atomic mass is 35.5. The molecule has 1 aliphatic rings. The highest BCUT2D eigenvalue weighted by Gasteiger charge is 2.26. The SMILES string of the molecule is O=C(c1ccc(Cl)cc1Cl)N1CCC(Oc2nc3ccc(F)cc3s2)CC1. The molecule has 4 rings (SSSR count). The smallest absolute Gasteiger partial charge is 0.274 e. The Morgan fingerprint density at radius 3 is 2.70 bits per heavy atom. The monoisotopic (exact) mass is 424 g/mol. The lowest BCUT2D eigenvalue weighted by Crippen LogP contribution is -2.41. The number of piperidine rings is 1. The Morgan fingerprint density at radius 2 is 1.96 bits per heavy atom. The van der Waals surface area contributed by atoms with Crippen molar-refractivity contribution in [2.75, 3.05) is 13.1 Å². The minimum absolute atomic E-state index is 0.0276. The lowest BCUT2D eigenvalue weighted by atomic mass is 10.1. The largest absolute Gasteiger partial charge is 0.467 e. The number of nitrogens with zero attached hydrogens (tertiary/aromatic N) is 2. The summed E-state index contributed by atoms with van der Waals surface area (Å²) in [7, 11) is 0. The first-order chi connectivity index (χ1) is 13.0. The number of carbonyl (C=O) groups is 1. The van der Waals surface area contributed by atoms with E-state index in [0.717, 1.165) is 10.2 Å². The fourth-order valence-electron chi connectivity index (χ4n) is 3.08. The molecule has 0 spiro atoms. The second-order valence-electron chi connectivity index (χ2n) is 6.33. The van der Waals surface area contributed by atoms with Crippen LogP contribution < -0.4 is 4.74 Å². The second kappa shape index (κ2) is 7.62. The van der Waals surface area contributed by atoms with Crippen LogP contribution in [-0.2, 0) is 0 Å². The van der Waals surface area contributed by atoms with Crippen molar-refractivity contribution in [1.82, 2.24) is 9.88 Å². The van der Waals surface area contributed by atoms with Gasteiger partial charge in [0.2, 0.25) is 0 Å². The number of hydrogen-bond donors (Lipinski definition) is 0. The number of ether oxygens (including phenoxy) is 1. The molecule has 0 aliphatic carbocycles. The minimum Gasteiger partial charge on any atom is -0.467 e. The molecule has 140 valence electrons. The Bertz CT molecular complexity index is 1000. The molecule has 0 radical (unpaired) electrons. The van der Waals surface area contributed by atoms with E-state index in [2.05, 4.69) is 4.98 Å². The van der Waals surface area contributed by atoms with Crippen LogP contribution in [0.25, 0.3) is 10.2 Å². The quantitative estimate of drug-likeness (QED) is 0.563. The Morgan fingerprint density at radius 1 is 1.19 bits per heavy atom. The van der Waals surface area contributed by atoms with Gasteiger partial charge in [0.15, 0.2) is 0 Å². The van der Waals surface area contributed by atoms with Crippen LogP contribution in [0.5, 0.6) is 5.19 Å². The van der Waals surface area contributed by atoms with Gasteiger partial charge in [0, 0.05) is 31.0 Å². The highest BCUT2D eigenvalue weighted by molar-refractivity contribution is 7.20. The van der Waals surface area contributed by atoms with E-state index in [-0.39, 0.29) is 17.8 Å². The number of thiazole rings is 1. The van der Waals surface area contributed by atoms with E-state index in [0.29, 0.717) is 46.7 Å². The van der Waals surface area contributed by atoms with Crippen molar-refractivity contribution in [2.24, 2.45) is 0 Å². The van der Waals surface area contributed by atoms with Gasteiger partial charge in [-0.15, -0.1) is 0 Å². The van der Waals surface area contributed by atoms with Gasteiger partial charge < -0.3 is 9.64 Å². The number of benzene rings is 2. The van der Waals surface area contributed by atoms with Gasteiger partial charge >= 0.3 is 0 Å². The Balaban J connectivity index is 1.38. The average molecular weight is 425 g/mol. The molecular weight excluding hydrogens is 410 g/mol. The first-order valence-corrected chi connectivity index (χ1v) is 10.0. The van der Waals surface area contributed by atoms with E-state index >= 15 is 0 Å². The Kier molecular flexibility index (Phi) is 5.21. The molecular formula is C19H15Cl2FN2O2S. The van der Waals surface area contributed by atoms with Crippen LogP contribution >= 0.6 is 34.5 Å². The molecule has 0 unspecified atom stereocenters. The molecule has 0 saturated carbocycles. The number of halogens is 3. The first kappa shape index (κ1) is 18.5. The molecule has 1 saturated heterocycles. The van der Waals surface area contributed by atoms with Gasteiger partial charge in [0.1, 0.15) is 11.9 Å². The van der Waals surface area contributed by atoms with Crippen LogP contribution in [0.2, 0.25) is 10.0 Å². The van der Waals surface area contributed by atoms with Gasteiger partial charge in [-0.2, -0.15) is 0 Å². The molecule has 0 N–H and O–H groups in total. The molecule has 2 aromatic carbocycles. The number of amides is 1. The van der Waals surface area contributed by atoms with Crippen LogP contribution in [0, 0.1) is 5.82 Å². The van der Waals surface area contributed by atoms with Crippen molar-refractivity contribution < 1.29 is 13.9 Å². The third-order valence-electron chi connectivity index (χ3n) is 4.49. The van der Waals surface area contributed by atoms with Gasteiger partial charge in [0.25, 0.3) is 11.1 Å². The predicted octanol–water partition coefficient (Wildman–Crippen LogP) is 5.43. The predicted molar refractivity (Wildman–Crippen MR) is 106 cm³/mol. The maximum atomic E-state index is 13.3. The lowest BCUT2D eigenvalue weighted by molar-refractivity contribution is 0.0595. The summed E-state index contributed by atoms with van der Waals surface area (Å²) in [5, 5.41) is 1.38. The second-order valence-corrected chi connectivity index (χ2v) is 8.16. The zero-order valence-corrected chi connectivity index (χ0v) is 16.5. The third-order valence-corrected chi connectivity index (χ3v) is 5.95. The Labute approximate surface area is 169 Å². The fourth-order valence-corrected chi connectivity index (χ4v) is 4.48. The summed E-state index contributed by atoms with van der Waals surface area (Å²) in [4.78, 5) is 18.8. The van der Waals surface area contributed by atoms with Gasteiger partial charge in [-0.25, -0.2) is 9.37 Å². The molecule has 2 heterocycles. The Hall–Kier alpha value is -1.89.